The Morgan fingerprint density at radius 1 is 1.11 bits per heavy atom. The highest BCUT2D eigenvalue weighted by molar-refractivity contribution is 9.10. The smallest absolute Gasteiger partial charge is 0.182 e. The summed E-state index contributed by atoms with van der Waals surface area (Å²) >= 11 is 5.04. The third-order valence-electron chi connectivity index (χ3n) is 2.90. The average Bonchev–Trinajstić information content (AvgIpc) is 3.04. The van der Waals surface area contributed by atoms with Crippen molar-refractivity contribution in [3.8, 4) is 11.4 Å². The van der Waals surface area contributed by atoms with Crippen molar-refractivity contribution >= 4 is 43.1 Å². The van der Waals surface area contributed by atoms with Gasteiger partial charge in [-0.1, -0.05) is 28.1 Å². The second kappa shape index (κ2) is 4.11. The molecule has 0 aliphatic carbocycles. The van der Waals surface area contributed by atoms with Crippen molar-refractivity contribution in [2.75, 3.05) is 0 Å². The highest BCUT2D eigenvalue weighted by Crippen LogP contribution is 2.24. The topological polar surface area (TPSA) is 43.1 Å². The van der Waals surface area contributed by atoms with Gasteiger partial charge in [0.1, 0.15) is 11.2 Å². The molecule has 0 aliphatic rings. The first-order valence-electron chi connectivity index (χ1n) is 5.66. The maximum atomic E-state index is 4.62. The number of hydrogen-bond donors (Lipinski definition) is 0. The van der Waals surface area contributed by atoms with E-state index in [1.165, 1.54) is 0 Å². The lowest BCUT2D eigenvalue weighted by Gasteiger charge is -1.93. The SMILES string of the molecule is Brc1ccc(-c2nc3c4ccsc4ncn3n2)cc1. The van der Waals surface area contributed by atoms with Crippen molar-refractivity contribution in [1.29, 1.82) is 0 Å². The molecule has 0 saturated heterocycles. The molecule has 1 aromatic carbocycles. The van der Waals surface area contributed by atoms with Gasteiger partial charge in [-0.2, -0.15) is 0 Å². The van der Waals surface area contributed by atoms with Crippen LogP contribution in [0.5, 0.6) is 0 Å². The first kappa shape index (κ1) is 11.1. The molecule has 0 spiro atoms. The molecular weight excluding hydrogens is 324 g/mol. The number of nitrogens with zero attached hydrogens (tertiary/aromatic N) is 4. The van der Waals surface area contributed by atoms with Gasteiger partial charge in [0.05, 0.1) is 5.39 Å². The molecule has 0 radical (unpaired) electrons. The maximum Gasteiger partial charge on any atom is 0.182 e. The van der Waals surface area contributed by atoms with Gasteiger partial charge in [0.15, 0.2) is 11.5 Å². The van der Waals surface area contributed by atoms with Gasteiger partial charge >= 0.3 is 0 Å². The van der Waals surface area contributed by atoms with E-state index in [1.54, 1.807) is 22.2 Å². The Morgan fingerprint density at radius 2 is 1.95 bits per heavy atom. The summed E-state index contributed by atoms with van der Waals surface area (Å²) in [5.41, 5.74) is 1.85. The predicted octanol–water partition coefficient (Wildman–Crippen LogP) is 3.77. The molecule has 3 aromatic heterocycles. The second-order valence-corrected chi connectivity index (χ2v) is 5.90. The number of benzene rings is 1. The molecule has 0 amide bonds. The Balaban J connectivity index is 1.98. The summed E-state index contributed by atoms with van der Waals surface area (Å²) in [7, 11) is 0. The van der Waals surface area contributed by atoms with Gasteiger partial charge in [-0.3, -0.25) is 0 Å². The first-order chi connectivity index (χ1) is 9.31. The molecule has 4 nitrogen and oxygen atoms in total. The van der Waals surface area contributed by atoms with Gasteiger partial charge < -0.3 is 0 Å². The number of rotatable bonds is 1. The molecule has 0 unspecified atom stereocenters. The fraction of sp³-hybridized carbons (Fsp3) is 0. The zero-order valence-corrected chi connectivity index (χ0v) is 12.0. The standard InChI is InChI=1S/C13H7BrN4S/c14-9-3-1-8(2-4-9)11-16-12-10-5-6-19-13(10)15-7-18(12)17-11/h1-7H. The van der Waals surface area contributed by atoms with Gasteiger partial charge in [-0.15, -0.1) is 16.4 Å². The minimum atomic E-state index is 0.716. The van der Waals surface area contributed by atoms with Crippen LogP contribution in [0.25, 0.3) is 27.3 Å². The average molecular weight is 331 g/mol. The highest BCUT2D eigenvalue weighted by Gasteiger charge is 2.10. The minimum absolute atomic E-state index is 0.716. The largest absolute Gasteiger partial charge is 0.225 e. The van der Waals surface area contributed by atoms with Crippen molar-refractivity contribution in [3.05, 3.63) is 46.5 Å². The number of thiophene rings is 1. The monoisotopic (exact) mass is 330 g/mol. The molecule has 0 fully saturated rings. The van der Waals surface area contributed by atoms with Crippen LogP contribution in [-0.4, -0.2) is 19.6 Å². The normalized spacial score (nSPS) is 11.4. The van der Waals surface area contributed by atoms with E-state index >= 15 is 0 Å². The summed E-state index contributed by atoms with van der Waals surface area (Å²) in [6.07, 6.45) is 1.71. The fourth-order valence-corrected chi connectivity index (χ4v) is 2.98. The summed E-state index contributed by atoms with van der Waals surface area (Å²) in [6, 6.07) is 10.00. The van der Waals surface area contributed by atoms with Gasteiger partial charge in [-0.05, 0) is 23.6 Å². The summed E-state index contributed by atoms with van der Waals surface area (Å²) in [5, 5.41) is 7.54. The fourth-order valence-electron chi connectivity index (χ4n) is 1.99. The Hall–Kier alpha value is -1.79. The molecule has 0 atom stereocenters. The van der Waals surface area contributed by atoms with Crippen molar-refractivity contribution in [2.24, 2.45) is 0 Å². The quantitative estimate of drug-likeness (QED) is 0.533. The molecule has 0 aliphatic heterocycles. The van der Waals surface area contributed by atoms with Gasteiger partial charge in [0.25, 0.3) is 0 Å². The molecule has 19 heavy (non-hydrogen) atoms. The minimum Gasteiger partial charge on any atom is -0.225 e. The lowest BCUT2D eigenvalue weighted by molar-refractivity contribution is 0.940. The predicted molar refractivity (Wildman–Crippen MR) is 79.3 cm³/mol. The van der Waals surface area contributed by atoms with Crippen LogP contribution in [-0.2, 0) is 0 Å². The van der Waals surface area contributed by atoms with E-state index in [0.29, 0.717) is 5.82 Å². The molecule has 0 N–H and O–H groups in total. The van der Waals surface area contributed by atoms with E-state index in [2.05, 4.69) is 31.0 Å². The molecule has 4 rings (SSSR count). The number of fused-ring (bicyclic) bond motifs is 3. The van der Waals surface area contributed by atoms with Crippen molar-refractivity contribution in [1.82, 2.24) is 19.6 Å². The van der Waals surface area contributed by atoms with Crippen molar-refractivity contribution in [2.45, 2.75) is 0 Å². The van der Waals surface area contributed by atoms with Crippen LogP contribution in [0.1, 0.15) is 0 Å². The molecular formula is C13H7BrN4S. The van der Waals surface area contributed by atoms with Crippen LogP contribution in [0, 0.1) is 0 Å². The third-order valence-corrected chi connectivity index (χ3v) is 4.25. The maximum absolute atomic E-state index is 4.62. The third kappa shape index (κ3) is 1.75. The molecule has 92 valence electrons. The Kier molecular flexibility index (Phi) is 2.39. The van der Waals surface area contributed by atoms with Crippen LogP contribution in [0.15, 0.2) is 46.5 Å². The molecule has 6 heteroatoms. The summed E-state index contributed by atoms with van der Waals surface area (Å²) < 4.78 is 2.77. The van der Waals surface area contributed by atoms with Crippen LogP contribution in [0.2, 0.25) is 0 Å². The second-order valence-electron chi connectivity index (χ2n) is 4.09. The van der Waals surface area contributed by atoms with E-state index in [1.807, 2.05) is 35.7 Å². The first-order valence-corrected chi connectivity index (χ1v) is 7.33. The molecule has 0 saturated carbocycles. The van der Waals surface area contributed by atoms with Crippen LogP contribution < -0.4 is 0 Å². The number of aromatic nitrogens is 4. The van der Waals surface area contributed by atoms with Crippen LogP contribution >= 0.6 is 27.3 Å². The van der Waals surface area contributed by atoms with Gasteiger partial charge in [0.2, 0.25) is 0 Å². The van der Waals surface area contributed by atoms with Crippen LogP contribution in [0.4, 0.5) is 0 Å². The van der Waals surface area contributed by atoms with Crippen LogP contribution in [0.3, 0.4) is 0 Å². The highest BCUT2D eigenvalue weighted by atomic mass is 79.9. The van der Waals surface area contributed by atoms with E-state index in [-0.39, 0.29) is 0 Å². The van der Waals surface area contributed by atoms with Crippen molar-refractivity contribution in [3.63, 3.8) is 0 Å². The van der Waals surface area contributed by atoms with E-state index in [4.69, 9.17) is 0 Å². The van der Waals surface area contributed by atoms with Gasteiger partial charge in [0, 0.05) is 10.0 Å². The molecule has 3 heterocycles. The van der Waals surface area contributed by atoms with E-state index < -0.39 is 0 Å². The summed E-state index contributed by atoms with van der Waals surface area (Å²) in [4.78, 5) is 9.97. The Bertz CT molecular complexity index is 879. The van der Waals surface area contributed by atoms with E-state index in [0.717, 1.165) is 25.9 Å². The lowest BCUT2D eigenvalue weighted by Crippen LogP contribution is -1.88. The number of halogens is 1. The van der Waals surface area contributed by atoms with E-state index in [9.17, 15) is 0 Å². The molecule has 0 bridgehead atoms. The number of hydrogen-bond acceptors (Lipinski definition) is 4. The summed E-state index contributed by atoms with van der Waals surface area (Å²) in [6.45, 7) is 0. The lowest BCUT2D eigenvalue weighted by atomic mass is 10.2. The zero-order chi connectivity index (χ0) is 12.8. The van der Waals surface area contributed by atoms with Gasteiger partial charge in [-0.25, -0.2) is 14.5 Å². The summed E-state index contributed by atoms with van der Waals surface area (Å²) in [5.74, 6) is 0.716. The zero-order valence-electron chi connectivity index (χ0n) is 9.62. The Morgan fingerprint density at radius 3 is 2.79 bits per heavy atom. The Labute approximate surface area is 120 Å². The molecule has 4 aromatic rings. The van der Waals surface area contributed by atoms with Crippen molar-refractivity contribution < 1.29 is 0 Å².